The van der Waals surface area contributed by atoms with E-state index in [4.69, 9.17) is 5.73 Å². The number of aryl methyl sites for hydroxylation is 1. The maximum Gasteiger partial charge on any atom is 0.390 e. The second kappa shape index (κ2) is 7.58. The van der Waals surface area contributed by atoms with Gasteiger partial charge in [-0.2, -0.15) is 4.68 Å². The molecule has 2 aromatic heterocycles. The van der Waals surface area contributed by atoms with Crippen LogP contribution in [0.1, 0.15) is 53.7 Å². The van der Waals surface area contributed by atoms with Gasteiger partial charge in [-0.1, -0.05) is 20.8 Å². The molecule has 0 saturated heterocycles. The molecule has 10 heteroatoms. The number of hydrogen-bond acceptors (Lipinski definition) is 6. The number of fused-ring (bicyclic) bond motifs is 1. The summed E-state index contributed by atoms with van der Waals surface area (Å²) >= 11 is 1.39. The lowest BCUT2D eigenvalue weighted by Gasteiger charge is -2.33. The summed E-state index contributed by atoms with van der Waals surface area (Å²) in [6, 6.07) is 1.30. The first-order chi connectivity index (χ1) is 13.5. The third-order valence-electron chi connectivity index (χ3n) is 5.44. The minimum absolute atomic E-state index is 0.157. The summed E-state index contributed by atoms with van der Waals surface area (Å²) in [6.07, 6.45) is 2.58. The first-order valence-corrected chi connectivity index (χ1v) is 10.2. The monoisotopic (exact) mass is 419 g/mol. The Morgan fingerprint density at radius 3 is 2.69 bits per heavy atom. The van der Waals surface area contributed by atoms with Crippen molar-refractivity contribution >= 4 is 34.0 Å². The number of rotatable bonds is 5. The van der Waals surface area contributed by atoms with Crippen LogP contribution < -0.4 is 11.1 Å². The van der Waals surface area contributed by atoms with Gasteiger partial charge in [0.1, 0.15) is 11.5 Å². The van der Waals surface area contributed by atoms with Gasteiger partial charge in [-0.25, -0.2) is 0 Å². The summed E-state index contributed by atoms with van der Waals surface area (Å²) in [5.74, 6) is -0.796. The molecule has 1 atom stereocenters. The van der Waals surface area contributed by atoms with Gasteiger partial charge in [-0.05, 0) is 48.0 Å². The first-order valence-electron chi connectivity index (χ1n) is 9.40. The maximum absolute atomic E-state index is 12.5. The van der Waals surface area contributed by atoms with Gasteiger partial charge < -0.3 is 21.2 Å². The van der Waals surface area contributed by atoms with Crippen LogP contribution in [0.25, 0.3) is 0 Å². The first kappa shape index (κ1) is 21.0. The Balaban J connectivity index is 1.82. The number of primary amides is 1. The van der Waals surface area contributed by atoms with E-state index in [1.54, 1.807) is 6.92 Å². The van der Waals surface area contributed by atoms with Gasteiger partial charge in [-0.15, -0.1) is 11.3 Å². The van der Waals surface area contributed by atoms with Crippen molar-refractivity contribution in [1.82, 2.24) is 9.78 Å². The molecule has 0 saturated carbocycles. The standard InChI is InChI=1S/C19H25N5O4S/c1-10-7-14(24(27)28)22-23(10)9-15(25)21-18-16(17(20)26)12-6-5-11(19(2,3)4)8-13(12)29-18/h7,11H,5-6,8-9H2,1-4H3,(H2,20,26)(H,21,25). The number of nitro groups is 1. The fraction of sp³-hybridized carbons (Fsp3) is 0.526. The zero-order chi connectivity index (χ0) is 21.5. The van der Waals surface area contributed by atoms with E-state index in [1.165, 1.54) is 22.1 Å². The highest BCUT2D eigenvalue weighted by molar-refractivity contribution is 7.17. The second-order valence-electron chi connectivity index (χ2n) is 8.48. The van der Waals surface area contributed by atoms with Crippen molar-refractivity contribution in [2.75, 3.05) is 5.32 Å². The van der Waals surface area contributed by atoms with Crippen molar-refractivity contribution in [3.8, 4) is 0 Å². The molecule has 0 radical (unpaired) electrons. The van der Waals surface area contributed by atoms with Crippen LogP contribution in [0.5, 0.6) is 0 Å². The Bertz CT molecular complexity index is 986. The SMILES string of the molecule is Cc1cc([N+](=O)[O-])nn1CC(=O)Nc1sc2c(c1C(N)=O)CCC(C(C)(C)C)C2. The van der Waals surface area contributed by atoms with Gasteiger partial charge in [0, 0.05) is 4.88 Å². The average molecular weight is 420 g/mol. The van der Waals surface area contributed by atoms with Crippen LogP contribution in [-0.2, 0) is 24.2 Å². The quantitative estimate of drug-likeness (QED) is 0.567. The molecule has 3 N–H and O–H groups in total. The van der Waals surface area contributed by atoms with Crippen LogP contribution in [0.3, 0.4) is 0 Å². The van der Waals surface area contributed by atoms with E-state index < -0.39 is 16.7 Å². The maximum atomic E-state index is 12.5. The van der Waals surface area contributed by atoms with Gasteiger partial charge in [0.15, 0.2) is 0 Å². The molecule has 0 fully saturated rings. The molecule has 9 nitrogen and oxygen atoms in total. The van der Waals surface area contributed by atoms with Crippen molar-refractivity contribution in [2.45, 2.75) is 53.5 Å². The molecule has 0 aromatic carbocycles. The number of aromatic nitrogens is 2. The summed E-state index contributed by atoms with van der Waals surface area (Å²) in [5, 5.41) is 17.9. The zero-order valence-corrected chi connectivity index (χ0v) is 17.8. The molecule has 1 unspecified atom stereocenters. The average Bonchev–Trinajstić information content (AvgIpc) is 3.13. The molecule has 3 rings (SSSR count). The zero-order valence-electron chi connectivity index (χ0n) is 16.9. The van der Waals surface area contributed by atoms with Crippen LogP contribution >= 0.6 is 11.3 Å². The van der Waals surface area contributed by atoms with Gasteiger partial charge in [-0.3, -0.25) is 9.59 Å². The number of carbonyl (C=O) groups excluding carboxylic acids is 2. The number of thiophene rings is 1. The summed E-state index contributed by atoms with van der Waals surface area (Å²) in [4.78, 5) is 36.0. The Labute approximate surface area is 172 Å². The number of amides is 2. The summed E-state index contributed by atoms with van der Waals surface area (Å²) < 4.78 is 1.26. The minimum atomic E-state index is -0.606. The topological polar surface area (TPSA) is 133 Å². The fourth-order valence-electron chi connectivity index (χ4n) is 3.72. The van der Waals surface area contributed by atoms with Crippen LogP contribution in [-0.4, -0.2) is 26.5 Å². The largest absolute Gasteiger partial charge is 0.390 e. The molecule has 2 aromatic rings. The molecule has 0 bridgehead atoms. The van der Waals surface area contributed by atoms with Crippen molar-refractivity contribution < 1.29 is 14.5 Å². The van der Waals surface area contributed by atoms with Crippen LogP contribution in [0, 0.1) is 28.4 Å². The predicted octanol–water partition coefficient (Wildman–Crippen LogP) is 3.05. The number of nitrogens with one attached hydrogen (secondary N) is 1. The molecule has 2 amide bonds. The van der Waals surface area contributed by atoms with Gasteiger partial charge in [0.2, 0.25) is 5.91 Å². The molecule has 1 aliphatic carbocycles. The minimum Gasteiger partial charge on any atom is -0.365 e. The number of nitrogens with zero attached hydrogens (tertiary/aromatic N) is 3. The lowest BCUT2D eigenvalue weighted by Crippen LogP contribution is -2.27. The van der Waals surface area contributed by atoms with E-state index in [2.05, 4.69) is 31.2 Å². The highest BCUT2D eigenvalue weighted by Crippen LogP contribution is 2.44. The van der Waals surface area contributed by atoms with Crippen LogP contribution in [0.15, 0.2) is 6.07 Å². The lowest BCUT2D eigenvalue weighted by atomic mass is 9.72. The predicted molar refractivity (Wildman–Crippen MR) is 110 cm³/mol. The van der Waals surface area contributed by atoms with Crippen LogP contribution in [0.4, 0.5) is 10.8 Å². The van der Waals surface area contributed by atoms with E-state index >= 15 is 0 Å². The molecule has 0 aliphatic heterocycles. The van der Waals surface area contributed by atoms with Crippen LogP contribution in [0.2, 0.25) is 0 Å². The van der Waals surface area contributed by atoms with E-state index in [9.17, 15) is 19.7 Å². The number of nitrogens with two attached hydrogens (primary N) is 1. The van der Waals surface area contributed by atoms with E-state index in [0.717, 1.165) is 29.7 Å². The van der Waals surface area contributed by atoms with Crippen molar-refractivity contribution in [2.24, 2.45) is 17.1 Å². The molecular weight excluding hydrogens is 394 g/mol. The molecule has 1 aliphatic rings. The molecule has 2 heterocycles. The Kier molecular flexibility index (Phi) is 5.48. The highest BCUT2D eigenvalue weighted by Gasteiger charge is 2.33. The Morgan fingerprint density at radius 2 is 2.14 bits per heavy atom. The fourth-order valence-corrected chi connectivity index (χ4v) is 5.07. The second-order valence-corrected chi connectivity index (χ2v) is 9.59. The molecule has 156 valence electrons. The number of carbonyl (C=O) groups is 2. The Morgan fingerprint density at radius 1 is 1.45 bits per heavy atom. The number of anilines is 1. The van der Waals surface area contributed by atoms with Gasteiger partial charge >= 0.3 is 5.82 Å². The normalized spacial score (nSPS) is 16.3. The third kappa shape index (κ3) is 4.31. The van der Waals surface area contributed by atoms with E-state index in [-0.39, 0.29) is 17.8 Å². The summed E-state index contributed by atoms with van der Waals surface area (Å²) in [7, 11) is 0. The van der Waals surface area contributed by atoms with Crippen molar-refractivity contribution in [3.05, 3.63) is 37.9 Å². The van der Waals surface area contributed by atoms with E-state index in [0.29, 0.717) is 22.2 Å². The summed E-state index contributed by atoms with van der Waals surface area (Å²) in [6.45, 7) is 8.07. The molecular formula is C19H25N5O4S. The Hall–Kier alpha value is -2.75. The smallest absolute Gasteiger partial charge is 0.365 e. The lowest BCUT2D eigenvalue weighted by molar-refractivity contribution is -0.389. The number of hydrogen-bond donors (Lipinski definition) is 2. The third-order valence-corrected chi connectivity index (χ3v) is 6.61. The van der Waals surface area contributed by atoms with E-state index in [1.807, 2.05) is 0 Å². The van der Waals surface area contributed by atoms with Gasteiger partial charge in [0.05, 0.1) is 22.4 Å². The summed E-state index contributed by atoms with van der Waals surface area (Å²) in [5.41, 5.74) is 7.59. The highest BCUT2D eigenvalue weighted by atomic mass is 32.1. The molecule has 0 spiro atoms. The molecule has 29 heavy (non-hydrogen) atoms. The van der Waals surface area contributed by atoms with Crippen molar-refractivity contribution in [1.29, 1.82) is 0 Å². The van der Waals surface area contributed by atoms with Gasteiger partial charge in [0.25, 0.3) is 5.91 Å². The van der Waals surface area contributed by atoms with Crippen molar-refractivity contribution in [3.63, 3.8) is 0 Å².